The number of anilines is 2. The number of nitrogens with zero attached hydrogens (tertiary/aromatic N) is 3. The number of hydrogen-bond donors (Lipinski definition) is 2. The Balaban J connectivity index is 0.00000109. The normalized spacial score (nSPS) is 12.4. The van der Waals surface area contributed by atoms with Crippen LogP contribution in [-0.2, 0) is 6.54 Å². The number of carbonyl (C=O) groups is 1. The van der Waals surface area contributed by atoms with Crippen LogP contribution in [0, 0.1) is 5.82 Å². The van der Waals surface area contributed by atoms with Crippen molar-refractivity contribution < 1.29 is 13.9 Å². The molecule has 25 heavy (non-hydrogen) atoms. The molecule has 0 fully saturated rings. The van der Waals surface area contributed by atoms with Crippen LogP contribution >= 0.6 is 0 Å². The van der Waals surface area contributed by atoms with E-state index in [1.807, 2.05) is 18.7 Å². The highest BCUT2D eigenvalue weighted by atomic mass is 19.1. The summed E-state index contributed by atoms with van der Waals surface area (Å²) in [4.78, 5) is 22.1. The van der Waals surface area contributed by atoms with Crippen molar-refractivity contribution >= 4 is 17.4 Å². The first-order valence-corrected chi connectivity index (χ1v) is 8.24. The summed E-state index contributed by atoms with van der Waals surface area (Å²) in [6, 6.07) is 2.73. The number of H-pyrrole nitrogens is 1. The molecular weight excluding hydrogens is 325 g/mol. The molecule has 0 saturated carbocycles. The lowest BCUT2D eigenvalue weighted by Gasteiger charge is -2.32. The maximum atomic E-state index is 14.4. The van der Waals surface area contributed by atoms with E-state index in [0.29, 0.717) is 31.1 Å². The van der Waals surface area contributed by atoms with Crippen LogP contribution in [0.25, 0.3) is 0 Å². The van der Waals surface area contributed by atoms with E-state index in [0.717, 1.165) is 5.69 Å². The first-order chi connectivity index (χ1) is 12.1. The molecule has 3 rings (SSSR count). The Morgan fingerprint density at radius 1 is 1.48 bits per heavy atom. The Morgan fingerprint density at radius 3 is 2.88 bits per heavy atom. The average Bonchev–Trinajstić information content (AvgIpc) is 3.15. The first-order valence-electron chi connectivity index (χ1n) is 8.24. The number of hydrogen-bond acceptors (Lipinski definition) is 4. The van der Waals surface area contributed by atoms with Gasteiger partial charge in [-0.05, 0) is 6.07 Å². The maximum Gasteiger partial charge on any atom is 0.321 e. The Hall–Kier alpha value is -2.77. The number of fused-ring (bicyclic) bond motifs is 1. The van der Waals surface area contributed by atoms with Gasteiger partial charge >= 0.3 is 6.03 Å². The van der Waals surface area contributed by atoms with Crippen molar-refractivity contribution in [2.24, 2.45) is 0 Å². The van der Waals surface area contributed by atoms with Gasteiger partial charge in [0.2, 0.25) is 0 Å². The van der Waals surface area contributed by atoms with Crippen molar-refractivity contribution in [2.45, 2.75) is 20.4 Å². The fraction of sp³-hybridized carbons (Fsp3) is 0.412. The van der Waals surface area contributed by atoms with Crippen LogP contribution in [-0.4, -0.2) is 43.2 Å². The molecule has 1 aromatic heterocycles. The zero-order valence-corrected chi connectivity index (χ0v) is 15.0. The summed E-state index contributed by atoms with van der Waals surface area (Å²) in [5, 5.41) is 2.52. The quantitative estimate of drug-likeness (QED) is 0.894. The van der Waals surface area contributed by atoms with Crippen LogP contribution in [0.4, 0.5) is 20.6 Å². The number of halogens is 1. The molecule has 2 heterocycles. The van der Waals surface area contributed by atoms with Crippen LogP contribution in [0.3, 0.4) is 0 Å². The monoisotopic (exact) mass is 349 g/mol. The molecule has 2 amide bonds. The summed E-state index contributed by atoms with van der Waals surface area (Å²) in [5.74, 6) is -0.271. The lowest BCUT2D eigenvalue weighted by Crippen LogP contribution is -2.36. The number of nitrogens with one attached hydrogen (secondary N) is 2. The van der Waals surface area contributed by atoms with Gasteiger partial charge in [0.05, 0.1) is 36.5 Å². The topological polar surface area (TPSA) is 73.5 Å². The summed E-state index contributed by atoms with van der Waals surface area (Å²) < 4.78 is 19.8. The SMILES string of the molecule is CC.CNC(=O)N(C)c1cc(F)c2c(c1)N(Cc1cnc[nH]1)CCO2. The molecule has 1 aromatic carbocycles. The summed E-state index contributed by atoms with van der Waals surface area (Å²) in [6.45, 7) is 5.59. The Kier molecular flexibility index (Phi) is 6.21. The van der Waals surface area contributed by atoms with Crippen LogP contribution < -0.4 is 19.9 Å². The minimum absolute atomic E-state index is 0.213. The van der Waals surface area contributed by atoms with E-state index in [1.54, 1.807) is 25.6 Å². The number of aromatic nitrogens is 2. The number of ether oxygens (including phenoxy) is 1. The molecule has 0 saturated heterocycles. The first kappa shape index (κ1) is 18.6. The zero-order valence-electron chi connectivity index (χ0n) is 15.0. The third-order valence-corrected chi connectivity index (χ3v) is 3.78. The van der Waals surface area contributed by atoms with Gasteiger partial charge in [0.1, 0.15) is 6.61 Å². The summed E-state index contributed by atoms with van der Waals surface area (Å²) in [7, 11) is 3.12. The van der Waals surface area contributed by atoms with Crippen molar-refractivity contribution in [1.82, 2.24) is 15.3 Å². The van der Waals surface area contributed by atoms with Crippen molar-refractivity contribution in [2.75, 3.05) is 37.0 Å². The molecule has 8 heteroatoms. The van der Waals surface area contributed by atoms with Gasteiger partial charge < -0.3 is 19.9 Å². The van der Waals surface area contributed by atoms with Crippen LogP contribution in [0.15, 0.2) is 24.7 Å². The predicted molar refractivity (Wildman–Crippen MR) is 95.7 cm³/mol. The highest BCUT2D eigenvalue weighted by Gasteiger charge is 2.24. The number of carbonyl (C=O) groups excluding carboxylic acids is 1. The fourth-order valence-electron chi connectivity index (χ4n) is 2.54. The summed E-state index contributed by atoms with van der Waals surface area (Å²) in [5.41, 5.74) is 2.00. The van der Waals surface area contributed by atoms with Gasteiger partial charge in [-0.3, -0.25) is 4.90 Å². The number of rotatable bonds is 3. The van der Waals surface area contributed by atoms with E-state index in [-0.39, 0.29) is 11.8 Å². The van der Waals surface area contributed by atoms with E-state index in [2.05, 4.69) is 15.3 Å². The fourth-order valence-corrected chi connectivity index (χ4v) is 2.54. The molecule has 1 aliphatic rings. The summed E-state index contributed by atoms with van der Waals surface area (Å²) >= 11 is 0. The zero-order chi connectivity index (χ0) is 18.4. The molecule has 0 unspecified atom stereocenters. The Bertz CT molecular complexity index is 705. The highest BCUT2D eigenvalue weighted by Crippen LogP contribution is 2.38. The Morgan fingerprint density at radius 2 is 2.24 bits per heavy atom. The van der Waals surface area contributed by atoms with Gasteiger partial charge in [0.15, 0.2) is 11.6 Å². The molecule has 0 bridgehead atoms. The minimum atomic E-state index is -0.484. The number of amides is 2. The lowest BCUT2D eigenvalue weighted by molar-refractivity contribution is 0.249. The van der Waals surface area contributed by atoms with Gasteiger partial charge in [-0.15, -0.1) is 0 Å². The molecule has 136 valence electrons. The molecule has 0 radical (unpaired) electrons. The molecule has 0 atom stereocenters. The largest absolute Gasteiger partial charge is 0.486 e. The van der Waals surface area contributed by atoms with E-state index in [9.17, 15) is 9.18 Å². The molecule has 1 aliphatic heterocycles. The second-order valence-corrected chi connectivity index (χ2v) is 5.24. The molecule has 0 spiro atoms. The molecular formula is C17H24FN5O2. The molecule has 0 aliphatic carbocycles. The predicted octanol–water partition coefficient (Wildman–Crippen LogP) is 2.75. The van der Waals surface area contributed by atoms with E-state index >= 15 is 0 Å². The average molecular weight is 349 g/mol. The third-order valence-electron chi connectivity index (χ3n) is 3.78. The van der Waals surface area contributed by atoms with Crippen LogP contribution in [0.1, 0.15) is 19.5 Å². The number of benzene rings is 1. The number of urea groups is 1. The molecule has 2 aromatic rings. The summed E-state index contributed by atoms with van der Waals surface area (Å²) in [6.07, 6.45) is 3.33. The van der Waals surface area contributed by atoms with E-state index in [4.69, 9.17) is 4.74 Å². The highest BCUT2D eigenvalue weighted by molar-refractivity contribution is 5.92. The third kappa shape index (κ3) is 4.01. The number of aromatic amines is 1. The van der Waals surface area contributed by atoms with Gasteiger partial charge in [-0.25, -0.2) is 14.2 Å². The minimum Gasteiger partial charge on any atom is -0.486 e. The Labute approximate surface area is 146 Å². The van der Waals surface area contributed by atoms with Crippen molar-refractivity contribution in [3.05, 3.63) is 36.2 Å². The van der Waals surface area contributed by atoms with Crippen molar-refractivity contribution in [3.63, 3.8) is 0 Å². The van der Waals surface area contributed by atoms with Crippen molar-refractivity contribution in [3.8, 4) is 5.75 Å². The smallest absolute Gasteiger partial charge is 0.321 e. The second kappa shape index (κ2) is 8.36. The second-order valence-electron chi connectivity index (χ2n) is 5.24. The maximum absolute atomic E-state index is 14.4. The van der Waals surface area contributed by atoms with Gasteiger partial charge in [-0.2, -0.15) is 0 Å². The lowest BCUT2D eigenvalue weighted by atomic mass is 10.2. The van der Waals surface area contributed by atoms with Gasteiger partial charge in [-0.1, -0.05) is 13.8 Å². The van der Waals surface area contributed by atoms with Gasteiger partial charge in [0, 0.05) is 26.4 Å². The number of imidazole rings is 1. The van der Waals surface area contributed by atoms with Gasteiger partial charge in [0.25, 0.3) is 0 Å². The van der Waals surface area contributed by atoms with Crippen molar-refractivity contribution in [1.29, 1.82) is 0 Å². The molecule has 7 nitrogen and oxygen atoms in total. The van der Waals surface area contributed by atoms with Crippen LogP contribution in [0.5, 0.6) is 5.75 Å². The van der Waals surface area contributed by atoms with E-state index < -0.39 is 5.82 Å². The molecule has 2 N–H and O–H groups in total. The van der Waals surface area contributed by atoms with E-state index in [1.165, 1.54) is 18.0 Å². The standard InChI is InChI=1S/C15H18FN5O2.C2H6/c1-17-15(22)20(2)11-5-12(16)14-13(6-11)21(3-4-23-14)8-10-7-18-9-19-10;1-2/h5-7,9H,3-4,8H2,1-2H3,(H,17,22)(H,18,19);1-2H3. The van der Waals surface area contributed by atoms with Crippen LogP contribution in [0.2, 0.25) is 0 Å².